The van der Waals surface area contributed by atoms with Crippen molar-refractivity contribution >= 4 is 36.8 Å². The molecule has 1 unspecified atom stereocenters. The molecule has 1 fully saturated rings. The van der Waals surface area contributed by atoms with Crippen LogP contribution >= 0.6 is 7.82 Å². The number of nitrogens with one attached hydrogen (secondary N) is 1. The van der Waals surface area contributed by atoms with Crippen LogP contribution in [0, 0.1) is 5.41 Å². The minimum atomic E-state index is -4.67. The summed E-state index contributed by atoms with van der Waals surface area (Å²) in [6.45, 7) is 7.71. The topological polar surface area (TPSA) is 136 Å². The summed E-state index contributed by atoms with van der Waals surface area (Å²) in [7, 11) is -2.98. The van der Waals surface area contributed by atoms with Gasteiger partial charge >= 0.3 is 7.82 Å². The maximum atomic E-state index is 13.8. The maximum absolute atomic E-state index is 13.8. The van der Waals surface area contributed by atoms with Crippen LogP contribution in [0.5, 0.6) is 5.75 Å². The van der Waals surface area contributed by atoms with Gasteiger partial charge in [-0.3, -0.25) is 24.2 Å². The molecule has 1 aliphatic rings. The van der Waals surface area contributed by atoms with Crippen molar-refractivity contribution < 1.29 is 33.3 Å². The second kappa shape index (κ2) is 12.2. The summed E-state index contributed by atoms with van der Waals surface area (Å²) < 4.78 is 15.6. The summed E-state index contributed by atoms with van der Waals surface area (Å²) in [5.41, 5.74) is 1.33. The van der Waals surface area contributed by atoms with E-state index >= 15 is 0 Å². The lowest BCUT2D eigenvalue weighted by atomic mass is 9.85. The average Bonchev–Trinajstić information content (AvgIpc) is 3.35. The van der Waals surface area contributed by atoms with Gasteiger partial charge in [0.05, 0.1) is 0 Å². The van der Waals surface area contributed by atoms with E-state index in [4.69, 9.17) is 9.79 Å². The highest BCUT2D eigenvalue weighted by Gasteiger charge is 2.42. The van der Waals surface area contributed by atoms with Crippen LogP contribution in [0.4, 0.5) is 5.69 Å². The Bertz CT molecular complexity index is 1270. The van der Waals surface area contributed by atoms with Crippen molar-refractivity contribution in [2.75, 3.05) is 18.5 Å². The monoisotopic (exact) mass is 557 g/mol. The highest BCUT2D eigenvalue weighted by molar-refractivity contribution is 7.46. The number of carbonyl (C=O) groups excluding carboxylic acids is 3. The lowest BCUT2D eigenvalue weighted by Gasteiger charge is -2.36. The summed E-state index contributed by atoms with van der Waals surface area (Å²) in [6.07, 6.45) is 2.60. The molecule has 3 rings (SSSR count). The van der Waals surface area contributed by atoms with Crippen LogP contribution in [0.15, 0.2) is 60.7 Å². The third kappa shape index (κ3) is 8.02. The Morgan fingerprint density at radius 1 is 1.10 bits per heavy atom. The lowest BCUT2D eigenvalue weighted by molar-refractivity contribution is -0.142. The second-order valence-corrected chi connectivity index (χ2v) is 11.8. The number of likely N-dealkylation sites (N-methyl/N-ethyl adjacent to an activating group) is 1. The summed E-state index contributed by atoms with van der Waals surface area (Å²) in [5, 5.41) is 2.84. The molecule has 1 heterocycles. The number of hydrogen-bond donors (Lipinski definition) is 3. The van der Waals surface area contributed by atoms with Gasteiger partial charge < -0.3 is 19.6 Å². The number of likely N-dealkylation sites (tertiary alicyclic amines) is 1. The first kappa shape index (κ1) is 30.1. The van der Waals surface area contributed by atoms with E-state index < -0.39 is 31.2 Å². The number of anilines is 1. The molecule has 0 aromatic heterocycles. The Balaban J connectivity index is 1.75. The van der Waals surface area contributed by atoms with E-state index in [0.717, 1.165) is 5.69 Å². The van der Waals surface area contributed by atoms with Crippen molar-refractivity contribution in [3.63, 3.8) is 0 Å². The Labute approximate surface area is 228 Å². The maximum Gasteiger partial charge on any atom is 0.524 e. The first-order chi connectivity index (χ1) is 18.2. The molecule has 3 amide bonds. The molecular formula is C28H36N3O7P. The third-order valence-electron chi connectivity index (χ3n) is 6.58. The van der Waals surface area contributed by atoms with Gasteiger partial charge in [-0.25, -0.2) is 4.57 Å². The molecule has 1 aliphatic heterocycles. The lowest BCUT2D eigenvalue weighted by Crippen LogP contribution is -2.57. The third-order valence-corrected chi connectivity index (χ3v) is 7.02. The van der Waals surface area contributed by atoms with Crippen LogP contribution in [0.3, 0.4) is 0 Å². The standard InChI is InChI=1S/C28H36N3O7P/c1-19(20-13-15-22(16-14-20)38-39(35,36)37)18-24(32)29-25(28(2,3)4)27(34)31-17-9-12-23(31)26(33)30(5)21-10-7-6-8-11-21/h6-8,10-11,13-16,18,23,25H,9,12,17H2,1-5H3,(H,29,32)(H2,35,36,37)/b19-18+/t23?,25-/m1/s1. The molecule has 2 atom stereocenters. The molecule has 1 saturated heterocycles. The van der Waals surface area contributed by atoms with Gasteiger partial charge in [-0.1, -0.05) is 51.1 Å². The molecule has 0 saturated carbocycles. The first-order valence-electron chi connectivity index (χ1n) is 12.6. The highest BCUT2D eigenvalue weighted by Crippen LogP contribution is 2.37. The Kier molecular flexibility index (Phi) is 9.38. The number of hydrogen-bond acceptors (Lipinski definition) is 5. The zero-order valence-corrected chi connectivity index (χ0v) is 23.7. The molecule has 0 bridgehead atoms. The van der Waals surface area contributed by atoms with Crippen LogP contribution in [0.25, 0.3) is 5.57 Å². The van der Waals surface area contributed by atoms with E-state index in [1.807, 2.05) is 51.1 Å². The van der Waals surface area contributed by atoms with Crippen molar-refractivity contribution in [2.24, 2.45) is 5.41 Å². The predicted molar refractivity (Wildman–Crippen MR) is 149 cm³/mol. The molecule has 0 aliphatic carbocycles. The number of para-hydroxylation sites is 1. The molecule has 0 spiro atoms. The fourth-order valence-corrected chi connectivity index (χ4v) is 4.88. The highest BCUT2D eigenvalue weighted by atomic mass is 31.2. The molecule has 11 heteroatoms. The molecule has 3 N–H and O–H groups in total. The Morgan fingerprint density at radius 2 is 1.72 bits per heavy atom. The summed E-state index contributed by atoms with van der Waals surface area (Å²) >= 11 is 0. The molecule has 0 radical (unpaired) electrons. The van der Waals surface area contributed by atoms with E-state index in [1.54, 1.807) is 35.9 Å². The number of allylic oxidation sites excluding steroid dienone is 1. The largest absolute Gasteiger partial charge is 0.524 e. The Hall–Kier alpha value is -3.46. The molecule has 2 aromatic rings. The average molecular weight is 558 g/mol. The van der Waals surface area contributed by atoms with Crippen molar-refractivity contribution in [3.05, 3.63) is 66.2 Å². The number of phosphoric ester groups is 1. The smallest absolute Gasteiger partial charge is 0.404 e. The van der Waals surface area contributed by atoms with E-state index in [-0.39, 0.29) is 17.6 Å². The van der Waals surface area contributed by atoms with E-state index in [9.17, 15) is 18.9 Å². The SMILES string of the molecule is C/C(=C\C(=O)N[C@H](C(=O)N1CCCC1C(=O)N(C)c1ccccc1)C(C)(C)C)c1ccc(OP(=O)(O)O)cc1. The molecular weight excluding hydrogens is 521 g/mol. The number of nitrogens with zero attached hydrogens (tertiary/aromatic N) is 2. The minimum Gasteiger partial charge on any atom is -0.404 e. The van der Waals surface area contributed by atoms with Gasteiger partial charge in [-0.2, -0.15) is 0 Å². The van der Waals surface area contributed by atoms with Gasteiger partial charge in [-0.15, -0.1) is 0 Å². The van der Waals surface area contributed by atoms with Gasteiger partial charge in [0.2, 0.25) is 17.7 Å². The van der Waals surface area contributed by atoms with Crippen LogP contribution in [-0.2, 0) is 18.9 Å². The van der Waals surface area contributed by atoms with Crippen molar-refractivity contribution in [1.29, 1.82) is 0 Å². The van der Waals surface area contributed by atoms with Gasteiger partial charge in [0.15, 0.2) is 0 Å². The van der Waals surface area contributed by atoms with Crippen molar-refractivity contribution in [2.45, 2.75) is 52.6 Å². The van der Waals surface area contributed by atoms with Crippen LogP contribution in [-0.4, -0.2) is 58.1 Å². The molecule has 210 valence electrons. The van der Waals surface area contributed by atoms with Crippen molar-refractivity contribution in [3.8, 4) is 5.75 Å². The molecule has 39 heavy (non-hydrogen) atoms. The van der Waals surface area contributed by atoms with Crippen LogP contribution in [0.1, 0.15) is 46.1 Å². The fourth-order valence-electron chi connectivity index (χ4n) is 4.48. The van der Waals surface area contributed by atoms with E-state index in [2.05, 4.69) is 9.84 Å². The number of rotatable bonds is 8. The van der Waals surface area contributed by atoms with E-state index in [0.29, 0.717) is 30.5 Å². The minimum absolute atomic E-state index is 0.00430. The second-order valence-electron chi connectivity index (χ2n) is 10.7. The Morgan fingerprint density at radius 3 is 2.28 bits per heavy atom. The number of carbonyl (C=O) groups is 3. The quantitative estimate of drug-likeness (QED) is 0.332. The summed E-state index contributed by atoms with van der Waals surface area (Å²) in [6, 6.07) is 13.7. The predicted octanol–water partition coefficient (Wildman–Crippen LogP) is 3.75. The van der Waals surface area contributed by atoms with Crippen LogP contribution < -0.4 is 14.7 Å². The normalized spacial score (nSPS) is 16.9. The number of benzene rings is 2. The zero-order valence-electron chi connectivity index (χ0n) is 22.8. The number of amides is 3. The van der Waals surface area contributed by atoms with Gasteiger partial charge in [0.25, 0.3) is 0 Å². The molecule has 2 aromatic carbocycles. The summed E-state index contributed by atoms with van der Waals surface area (Å²) in [4.78, 5) is 61.1. The first-order valence-corrected chi connectivity index (χ1v) is 14.2. The van der Waals surface area contributed by atoms with E-state index in [1.165, 1.54) is 18.2 Å². The van der Waals surface area contributed by atoms with Gasteiger partial charge in [0.1, 0.15) is 17.8 Å². The molecule has 10 nitrogen and oxygen atoms in total. The zero-order chi connectivity index (χ0) is 29.0. The number of phosphoric acid groups is 1. The van der Waals surface area contributed by atoms with Crippen molar-refractivity contribution in [1.82, 2.24) is 10.2 Å². The van der Waals surface area contributed by atoms with Gasteiger partial charge in [-0.05, 0) is 60.6 Å². The summed E-state index contributed by atoms with van der Waals surface area (Å²) in [5.74, 6) is -0.957. The fraction of sp³-hybridized carbons (Fsp3) is 0.393. The van der Waals surface area contributed by atoms with Gasteiger partial charge in [0, 0.05) is 25.4 Å². The van der Waals surface area contributed by atoms with Crippen LogP contribution in [0.2, 0.25) is 0 Å².